The Morgan fingerprint density at radius 1 is 1.19 bits per heavy atom. The minimum absolute atomic E-state index is 0.794. The second-order valence-corrected chi connectivity index (χ2v) is 5.93. The molecule has 1 aromatic carbocycles. The molecule has 1 N–H and O–H groups in total. The molecule has 0 spiro atoms. The molecule has 0 aliphatic rings. The summed E-state index contributed by atoms with van der Waals surface area (Å²) in [6, 6.07) is 8.56. The number of rotatable bonds is 7. The third-order valence-corrected chi connectivity index (χ3v) is 4.59. The molecule has 3 nitrogen and oxygen atoms in total. The maximum absolute atomic E-state index is 4.65. The van der Waals surface area contributed by atoms with Crippen LogP contribution < -0.4 is 5.32 Å². The molecule has 2 rings (SSSR count). The summed E-state index contributed by atoms with van der Waals surface area (Å²) in [5.41, 5.74) is 4.97. The van der Waals surface area contributed by atoms with Crippen LogP contribution in [0.5, 0.6) is 0 Å². The van der Waals surface area contributed by atoms with Crippen molar-refractivity contribution in [2.45, 2.75) is 53.1 Å². The summed E-state index contributed by atoms with van der Waals surface area (Å²) in [7, 11) is 0. The van der Waals surface area contributed by atoms with Crippen LogP contribution in [0, 0.1) is 0 Å². The molecule has 0 amide bonds. The van der Waals surface area contributed by atoms with Gasteiger partial charge in [0.1, 0.15) is 0 Å². The van der Waals surface area contributed by atoms with Crippen LogP contribution in [0.3, 0.4) is 0 Å². The molecule has 0 saturated heterocycles. The smallest absolute Gasteiger partial charge is 0.0767 e. The van der Waals surface area contributed by atoms with Crippen LogP contribution in [-0.2, 0) is 25.9 Å². The minimum Gasteiger partial charge on any atom is -0.379 e. The second kappa shape index (κ2) is 7.64. The van der Waals surface area contributed by atoms with Gasteiger partial charge < -0.3 is 5.32 Å². The van der Waals surface area contributed by atoms with E-state index in [-0.39, 0.29) is 0 Å². The van der Waals surface area contributed by atoms with Gasteiger partial charge in [0.25, 0.3) is 0 Å². The topological polar surface area (TPSA) is 29.9 Å². The first-order valence-corrected chi connectivity index (χ1v) is 8.56. The van der Waals surface area contributed by atoms with Gasteiger partial charge >= 0.3 is 0 Å². The first-order valence-electron chi connectivity index (χ1n) is 7.77. The van der Waals surface area contributed by atoms with E-state index in [9.17, 15) is 0 Å². The van der Waals surface area contributed by atoms with Gasteiger partial charge in [0, 0.05) is 12.2 Å². The van der Waals surface area contributed by atoms with Crippen LogP contribution >= 0.6 is 15.9 Å². The van der Waals surface area contributed by atoms with Crippen molar-refractivity contribution >= 4 is 21.6 Å². The van der Waals surface area contributed by atoms with Gasteiger partial charge in [0.15, 0.2) is 0 Å². The number of anilines is 1. The fraction of sp³-hybridized carbons (Fsp3) is 0.471. The number of halogens is 1. The predicted octanol–water partition coefficient (Wildman–Crippen LogP) is 4.79. The average molecular weight is 350 g/mol. The van der Waals surface area contributed by atoms with E-state index < -0.39 is 0 Å². The lowest BCUT2D eigenvalue weighted by atomic mass is 10.1. The Balaban J connectivity index is 2.18. The van der Waals surface area contributed by atoms with E-state index in [4.69, 9.17) is 0 Å². The summed E-state index contributed by atoms with van der Waals surface area (Å²) >= 11 is 3.70. The standard InChI is InChI=1S/C17H24BrN3/c1-4-9-13-10-7-8-11-15(13)19-12-16-17(18)14(5-2)20-21(16)6-3/h7-8,10-11,19H,4-6,9,12H2,1-3H3. The third-order valence-electron chi connectivity index (χ3n) is 3.68. The summed E-state index contributed by atoms with van der Waals surface area (Å²) in [5, 5.41) is 8.22. The molecule has 0 saturated carbocycles. The molecule has 0 atom stereocenters. The lowest BCUT2D eigenvalue weighted by Gasteiger charge is -2.12. The Hall–Kier alpha value is -1.29. The van der Waals surface area contributed by atoms with E-state index >= 15 is 0 Å². The molecule has 21 heavy (non-hydrogen) atoms. The van der Waals surface area contributed by atoms with Gasteiger partial charge in [-0.1, -0.05) is 38.5 Å². The first-order chi connectivity index (χ1) is 10.2. The summed E-state index contributed by atoms with van der Waals surface area (Å²) in [6.07, 6.45) is 3.22. The zero-order chi connectivity index (χ0) is 15.2. The van der Waals surface area contributed by atoms with Crippen molar-refractivity contribution in [2.75, 3.05) is 5.32 Å². The highest BCUT2D eigenvalue weighted by atomic mass is 79.9. The van der Waals surface area contributed by atoms with E-state index in [1.165, 1.54) is 16.9 Å². The van der Waals surface area contributed by atoms with Crippen LogP contribution in [0.15, 0.2) is 28.7 Å². The molecule has 0 unspecified atom stereocenters. The molecule has 114 valence electrons. The van der Waals surface area contributed by atoms with Gasteiger partial charge in [-0.15, -0.1) is 0 Å². The number of para-hydroxylation sites is 1. The zero-order valence-electron chi connectivity index (χ0n) is 13.1. The maximum Gasteiger partial charge on any atom is 0.0767 e. The fourth-order valence-corrected chi connectivity index (χ4v) is 3.25. The van der Waals surface area contributed by atoms with E-state index in [2.05, 4.69) is 76.1 Å². The molecule has 0 bridgehead atoms. The number of benzene rings is 1. The van der Waals surface area contributed by atoms with Gasteiger partial charge in [0.2, 0.25) is 0 Å². The highest BCUT2D eigenvalue weighted by molar-refractivity contribution is 9.10. The summed E-state index contributed by atoms with van der Waals surface area (Å²) in [6.45, 7) is 8.18. The van der Waals surface area contributed by atoms with Crippen LogP contribution in [0.1, 0.15) is 44.1 Å². The summed E-state index contributed by atoms with van der Waals surface area (Å²) < 4.78 is 3.23. The number of hydrogen-bond acceptors (Lipinski definition) is 2. The van der Waals surface area contributed by atoms with Crippen molar-refractivity contribution in [1.82, 2.24) is 9.78 Å². The quantitative estimate of drug-likeness (QED) is 0.778. The zero-order valence-corrected chi connectivity index (χ0v) is 14.7. The van der Waals surface area contributed by atoms with E-state index in [1.54, 1.807) is 0 Å². The predicted molar refractivity (Wildman–Crippen MR) is 92.7 cm³/mol. The average Bonchev–Trinajstić information content (AvgIpc) is 2.82. The largest absolute Gasteiger partial charge is 0.379 e. The Morgan fingerprint density at radius 3 is 2.62 bits per heavy atom. The van der Waals surface area contributed by atoms with Crippen molar-refractivity contribution in [3.05, 3.63) is 45.7 Å². The van der Waals surface area contributed by atoms with E-state index in [1.807, 2.05) is 0 Å². The van der Waals surface area contributed by atoms with E-state index in [0.717, 1.165) is 42.5 Å². The van der Waals surface area contributed by atoms with Gasteiger partial charge in [-0.25, -0.2) is 0 Å². The van der Waals surface area contributed by atoms with Crippen molar-refractivity contribution in [1.29, 1.82) is 0 Å². The molecule has 0 aliphatic carbocycles. The normalized spacial score (nSPS) is 10.9. The number of nitrogens with one attached hydrogen (secondary N) is 1. The Morgan fingerprint density at radius 2 is 1.95 bits per heavy atom. The molecular weight excluding hydrogens is 326 g/mol. The third kappa shape index (κ3) is 3.67. The van der Waals surface area contributed by atoms with Crippen molar-refractivity contribution in [3.8, 4) is 0 Å². The second-order valence-electron chi connectivity index (χ2n) is 5.14. The van der Waals surface area contributed by atoms with Gasteiger partial charge in [0.05, 0.1) is 22.4 Å². The lowest BCUT2D eigenvalue weighted by Crippen LogP contribution is -2.09. The number of aromatic nitrogens is 2. The van der Waals surface area contributed by atoms with Crippen LogP contribution in [0.4, 0.5) is 5.69 Å². The summed E-state index contributed by atoms with van der Waals surface area (Å²) in [4.78, 5) is 0. The molecule has 2 aromatic rings. The Labute approximate surface area is 135 Å². The van der Waals surface area contributed by atoms with Gasteiger partial charge in [-0.05, 0) is 47.3 Å². The van der Waals surface area contributed by atoms with Crippen LogP contribution in [0.25, 0.3) is 0 Å². The first kappa shape index (κ1) is 16.1. The molecule has 4 heteroatoms. The molecule has 0 aliphatic heterocycles. The van der Waals surface area contributed by atoms with E-state index in [0.29, 0.717) is 0 Å². The number of hydrogen-bond donors (Lipinski definition) is 1. The minimum atomic E-state index is 0.794. The lowest BCUT2D eigenvalue weighted by molar-refractivity contribution is 0.619. The highest BCUT2D eigenvalue weighted by Crippen LogP contribution is 2.24. The molecule has 1 aromatic heterocycles. The molecule has 1 heterocycles. The molecular formula is C17H24BrN3. The highest BCUT2D eigenvalue weighted by Gasteiger charge is 2.13. The van der Waals surface area contributed by atoms with Crippen LogP contribution in [-0.4, -0.2) is 9.78 Å². The van der Waals surface area contributed by atoms with Crippen molar-refractivity contribution < 1.29 is 0 Å². The van der Waals surface area contributed by atoms with Crippen molar-refractivity contribution in [3.63, 3.8) is 0 Å². The van der Waals surface area contributed by atoms with Crippen molar-refractivity contribution in [2.24, 2.45) is 0 Å². The monoisotopic (exact) mass is 349 g/mol. The Kier molecular flexibility index (Phi) is 5.85. The summed E-state index contributed by atoms with van der Waals surface area (Å²) in [5.74, 6) is 0. The number of nitrogens with zero attached hydrogens (tertiary/aromatic N) is 2. The maximum atomic E-state index is 4.65. The van der Waals surface area contributed by atoms with Gasteiger partial charge in [-0.2, -0.15) is 5.10 Å². The Bertz CT molecular complexity index is 590. The molecule has 0 radical (unpaired) electrons. The van der Waals surface area contributed by atoms with Gasteiger partial charge in [-0.3, -0.25) is 4.68 Å². The molecule has 0 fully saturated rings. The number of aryl methyl sites for hydroxylation is 3. The van der Waals surface area contributed by atoms with Crippen LogP contribution in [0.2, 0.25) is 0 Å². The SMILES string of the molecule is CCCc1ccccc1NCc1c(Br)c(CC)nn1CC. The fourth-order valence-electron chi connectivity index (χ4n) is 2.55.